The van der Waals surface area contributed by atoms with Gasteiger partial charge in [0.25, 0.3) is 0 Å². The van der Waals surface area contributed by atoms with Gasteiger partial charge < -0.3 is 0 Å². The van der Waals surface area contributed by atoms with Gasteiger partial charge in [0.1, 0.15) is 0 Å². The van der Waals surface area contributed by atoms with Crippen molar-refractivity contribution in [3.8, 4) is 0 Å². The third kappa shape index (κ3) is 5.95. The molecular weight excluding hydrogens is 165 g/mol. The van der Waals surface area contributed by atoms with Crippen LogP contribution in [0.15, 0.2) is 12.2 Å². The van der Waals surface area contributed by atoms with Crippen molar-refractivity contribution in [1.82, 2.24) is 0 Å². The van der Waals surface area contributed by atoms with E-state index in [-0.39, 0.29) is 12.3 Å². The fraction of sp³-hybridized carbons (Fsp3) is 0.667. The highest BCUT2D eigenvalue weighted by molar-refractivity contribution is 6.19. The second-order valence-corrected chi connectivity index (χ2v) is 2.27. The molecule has 0 heterocycles. The Hall–Kier alpha value is -0.180. The van der Waals surface area contributed by atoms with Crippen LogP contribution in [0.1, 0.15) is 12.8 Å². The average Bonchev–Trinajstić information content (AvgIpc) is 1.81. The first kappa shape index (κ1) is 9.82. The molecule has 0 aromatic rings. The van der Waals surface area contributed by atoms with E-state index in [2.05, 4.69) is 6.58 Å². The summed E-state index contributed by atoms with van der Waals surface area (Å²) < 4.78 is 34.4. The van der Waals surface area contributed by atoms with Crippen LogP contribution in [0.2, 0.25) is 0 Å². The van der Waals surface area contributed by atoms with Crippen LogP contribution in [-0.4, -0.2) is 12.1 Å². The minimum Gasteiger partial charge on any atom is -0.171 e. The lowest BCUT2D eigenvalue weighted by molar-refractivity contribution is -0.133. The molecule has 0 atom stereocenters. The summed E-state index contributed by atoms with van der Waals surface area (Å²) in [5.41, 5.74) is 0.430. The highest BCUT2D eigenvalue weighted by Gasteiger charge is 2.26. The van der Waals surface area contributed by atoms with E-state index >= 15 is 0 Å². The van der Waals surface area contributed by atoms with Crippen molar-refractivity contribution >= 4 is 11.6 Å². The van der Waals surface area contributed by atoms with E-state index in [0.29, 0.717) is 5.57 Å². The van der Waals surface area contributed by atoms with Gasteiger partial charge in [-0.05, 0) is 6.42 Å². The third-order valence-corrected chi connectivity index (χ3v) is 1.33. The van der Waals surface area contributed by atoms with Crippen molar-refractivity contribution in [3.63, 3.8) is 0 Å². The zero-order chi connectivity index (χ0) is 8.20. The largest absolute Gasteiger partial charge is 0.389 e. The number of allylic oxidation sites excluding steroid dienone is 1. The quantitative estimate of drug-likeness (QED) is 0.453. The lowest BCUT2D eigenvalue weighted by Gasteiger charge is -2.05. The van der Waals surface area contributed by atoms with Crippen LogP contribution >= 0.6 is 11.6 Å². The molecule has 10 heavy (non-hydrogen) atoms. The van der Waals surface area contributed by atoms with Gasteiger partial charge in [-0.3, -0.25) is 0 Å². The lowest BCUT2D eigenvalue weighted by Crippen LogP contribution is -2.07. The van der Waals surface area contributed by atoms with E-state index in [1.165, 1.54) is 0 Å². The Balaban J connectivity index is 3.46. The topological polar surface area (TPSA) is 0 Å². The number of halogens is 4. The number of hydrogen-bond donors (Lipinski definition) is 0. The van der Waals surface area contributed by atoms with E-state index in [4.69, 9.17) is 11.6 Å². The summed E-state index contributed by atoms with van der Waals surface area (Å²) >= 11 is 5.21. The molecule has 0 aliphatic rings. The maximum atomic E-state index is 11.5. The van der Waals surface area contributed by atoms with Crippen LogP contribution in [0.3, 0.4) is 0 Å². The zero-order valence-electron chi connectivity index (χ0n) is 5.34. The highest BCUT2D eigenvalue weighted by Crippen LogP contribution is 2.23. The molecular formula is C6H8ClF3. The van der Waals surface area contributed by atoms with Crippen molar-refractivity contribution < 1.29 is 13.2 Å². The molecule has 0 fully saturated rings. The molecule has 0 aromatic carbocycles. The van der Waals surface area contributed by atoms with Crippen LogP contribution in [0.4, 0.5) is 13.2 Å². The van der Waals surface area contributed by atoms with Gasteiger partial charge in [-0.15, -0.1) is 11.6 Å². The smallest absolute Gasteiger partial charge is 0.171 e. The number of hydrogen-bond acceptors (Lipinski definition) is 0. The van der Waals surface area contributed by atoms with Crippen LogP contribution in [0.5, 0.6) is 0 Å². The fourth-order valence-electron chi connectivity index (χ4n) is 0.385. The van der Waals surface area contributed by atoms with Gasteiger partial charge in [-0.1, -0.05) is 12.2 Å². The summed E-state index contributed by atoms with van der Waals surface area (Å²) in [6.45, 7) is 3.34. The minimum absolute atomic E-state index is 0.0625. The molecule has 0 bridgehead atoms. The van der Waals surface area contributed by atoms with Crippen LogP contribution in [0.25, 0.3) is 0 Å². The molecule has 0 spiro atoms. The highest BCUT2D eigenvalue weighted by atomic mass is 35.5. The number of alkyl halides is 4. The molecule has 0 saturated heterocycles. The van der Waals surface area contributed by atoms with Crippen LogP contribution in [-0.2, 0) is 0 Å². The average molecular weight is 173 g/mol. The van der Waals surface area contributed by atoms with Crippen molar-refractivity contribution in [1.29, 1.82) is 0 Å². The van der Waals surface area contributed by atoms with Crippen LogP contribution in [0, 0.1) is 0 Å². The van der Waals surface area contributed by atoms with E-state index in [9.17, 15) is 13.2 Å². The second kappa shape index (κ2) is 3.86. The lowest BCUT2D eigenvalue weighted by atomic mass is 10.2. The van der Waals surface area contributed by atoms with Gasteiger partial charge in [0.05, 0.1) is 0 Å². The SMILES string of the molecule is C=C(CCl)CCC(F)(F)F. The Morgan fingerprint density at radius 3 is 2.20 bits per heavy atom. The van der Waals surface area contributed by atoms with Gasteiger partial charge >= 0.3 is 6.18 Å². The first-order valence-corrected chi connectivity index (χ1v) is 3.28. The molecule has 0 N–H and O–H groups in total. The normalized spacial score (nSPS) is 11.6. The molecule has 0 aromatic heterocycles. The van der Waals surface area contributed by atoms with Crippen molar-refractivity contribution in [2.45, 2.75) is 19.0 Å². The third-order valence-electron chi connectivity index (χ3n) is 0.951. The Morgan fingerprint density at radius 1 is 1.40 bits per heavy atom. The van der Waals surface area contributed by atoms with Crippen molar-refractivity contribution in [2.75, 3.05) is 5.88 Å². The number of rotatable bonds is 3. The predicted molar refractivity (Wildman–Crippen MR) is 35.1 cm³/mol. The Bertz CT molecular complexity index is 117. The molecule has 0 amide bonds. The second-order valence-electron chi connectivity index (χ2n) is 2.00. The first-order chi connectivity index (χ1) is 4.45. The molecule has 0 nitrogen and oxygen atoms in total. The summed E-state index contributed by atoms with van der Waals surface area (Å²) in [6.07, 6.45) is -4.97. The first-order valence-electron chi connectivity index (χ1n) is 2.75. The summed E-state index contributed by atoms with van der Waals surface area (Å²) in [7, 11) is 0. The molecule has 0 unspecified atom stereocenters. The van der Waals surface area contributed by atoms with Gasteiger partial charge in [0, 0.05) is 12.3 Å². The summed E-state index contributed by atoms with van der Waals surface area (Å²) in [5.74, 6) is 0.107. The van der Waals surface area contributed by atoms with Gasteiger partial charge in [0.2, 0.25) is 0 Å². The van der Waals surface area contributed by atoms with E-state index in [1.807, 2.05) is 0 Å². The van der Waals surface area contributed by atoms with Gasteiger partial charge in [0.15, 0.2) is 0 Å². The molecule has 60 valence electrons. The molecule has 0 aliphatic heterocycles. The monoisotopic (exact) mass is 172 g/mol. The van der Waals surface area contributed by atoms with Gasteiger partial charge in [-0.2, -0.15) is 13.2 Å². The van der Waals surface area contributed by atoms with E-state index in [0.717, 1.165) is 0 Å². The van der Waals surface area contributed by atoms with Crippen LogP contribution < -0.4 is 0 Å². The molecule has 0 rings (SSSR count). The summed E-state index contributed by atoms with van der Waals surface area (Å²) in [6, 6.07) is 0. The summed E-state index contributed by atoms with van der Waals surface area (Å²) in [5, 5.41) is 0. The van der Waals surface area contributed by atoms with E-state index < -0.39 is 12.6 Å². The van der Waals surface area contributed by atoms with Gasteiger partial charge in [-0.25, -0.2) is 0 Å². The molecule has 4 heteroatoms. The maximum Gasteiger partial charge on any atom is 0.389 e. The maximum absolute atomic E-state index is 11.5. The Labute approximate surface area is 62.7 Å². The fourth-order valence-corrected chi connectivity index (χ4v) is 0.519. The Kier molecular flexibility index (Phi) is 3.79. The predicted octanol–water partition coefficient (Wildman–Crippen LogP) is 3.12. The standard InChI is InChI=1S/C6H8ClF3/c1-5(4-7)2-3-6(8,9)10/h1-4H2. The van der Waals surface area contributed by atoms with E-state index in [1.54, 1.807) is 0 Å². The zero-order valence-corrected chi connectivity index (χ0v) is 6.10. The Morgan fingerprint density at radius 2 is 1.90 bits per heavy atom. The molecule has 0 aliphatic carbocycles. The van der Waals surface area contributed by atoms with Crippen molar-refractivity contribution in [2.24, 2.45) is 0 Å². The summed E-state index contributed by atoms with van der Waals surface area (Å²) in [4.78, 5) is 0. The van der Waals surface area contributed by atoms with Crippen molar-refractivity contribution in [3.05, 3.63) is 12.2 Å². The minimum atomic E-state index is -4.09. The molecule has 0 radical (unpaired) electrons. The molecule has 0 saturated carbocycles.